The lowest BCUT2D eigenvalue weighted by Crippen LogP contribution is -2.39. The van der Waals surface area contributed by atoms with Crippen LogP contribution in [0.25, 0.3) is 46.1 Å². The molecule has 115 heavy (non-hydrogen) atoms. The molecule has 4 amide bonds. The van der Waals surface area contributed by atoms with Crippen LogP contribution in [0.5, 0.6) is 0 Å². The molecule has 1 fully saturated rings. The van der Waals surface area contributed by atoms with E-state index in [1.54, 1.807) is 125 Å². The molecule has 13 aromatic rings. The van der Waals surface area contributed by atoms with E-state index in [0.29, 0.717) is 103 Å². The third kappa shape index (κ3) is 25.5. The molecule has 1 aromatic carbocycles. The average molecular weight is 1550 g/mol. The number of rotatable bonds is 25. The fourth-order valence-electron chi connectivity index (χ4n) is 10.6. The minimum Gasteiger partial charge on any atom is -0.379 e. The van der Waals surface area contributed by atoms with Gasteiger partial charge >= 0.3 is 0 Å². The first-order valence-corrected chi connectivity index (χ1v) is 36.5. The number of anilines is 8. The highest BCUT2D eigenvalue weighted by Crippen LogP contribution is 2.21. The van der Waals surface area contributed by atoms with Crippen LogP contribution in [0, 0.1) is 27.7 Å². The number of carbonyl (C=O) groups excluding carboxylic acids is 4. The molecule has 13 heterocycles. The largest absolute Gasteiger partial charge is 0.379 e. The second-order valence-electron chi connectivity index (χ2n) is 25.5. The van der Waals surface area contributed by atoms with Crippen molar-refractivity contribution in [2.75, 3.05) is 122 Å². The summed E-state index contributed by atoms with van der Waals surface area (Å²) in [6.07, 6.45) is 12.7. The summed E-state index contributed by atoms with van der Waals surface area (Å²) >= 11 is 0. The van der Waals surface area contributed by atoms with Crippen LogP contribution in [-0.4, -0.2) is 213 Å². The van der Waals surface area contributed by atoms with E-state index >= 15 is 0 Å². The Bertz CT molecular complexity index is 5290. The lowest BCUT2D eigenvalue weighted by atomic mass is 10.2. The predicted octanol–water partition coefficient (Wildman–Crippen LogP) is 9.34. The van der Waals surface area contributed by atoms with Crippen LogP contribution < -0.4 is 42.1 Å². The monoisotopic (exact) mass is 1540 g/mol. The molecule has 7 N–H and O–H groups in total. The van der Waals surface area contributed by atoms with Crippen LogP contribution in [0.3, 0.4) is 0 Å². The van der Waals surface area contributed by atoms with Crippen molar-refractivity contribution in [2.24, 2.45) is 0 Å². The maximum absolute atomic E-state index is 12.7. The number of aromatic nitrogens is 20. The van der Waals surface area contributed by atoms with Gasteiger partial charge in [-0.2, -0.15) is 39.9 Å². The summed E-state index contributed by atoms with van der Waals surface area (Å²) in [5, 5.41) is 20.3. The number of carbonyl (C=O) groups is 4. The van der Waals surface area contributed by atoms with Gasteiger partial charge in [0.15, 0.2) is 23.3 Å². The molecule has 14 rings (SSSR count). The summed E-state index contributed by atoms with van der Waals surface area (Å²) in [5.41, 5.74) is 5.27. The van der Waals surface area contributed by atoms with Gasteiger partial charge in [0.25, 0.3) is 23.6 Å². The number of ether oxygens (including phenoxy) is 1. The number of hydrogen-bond acceptors (Lipinski definition) is 31. The lowest BCUT2D eigenvalue weighted by Gasteiger charge is -2.26. The molecule has 584 valence electrons. The third-order valence-corrected chi connectivity index (χ3v) is 16.3. The van der Waals surface area contributed by atoms with Gasteiger partial charge in [-0.1, -0.05) is 54.6 Å². The van der Waals surface area contributed by atoms with Gasteiger partial charge in [0.1, 0.15) is 69.3 Å². The molecule has 0 bridgehead atoms. The van der Waals surface area contributed by atoms with Gasteiger partial charge in [-0.05, 0) is 151 Å². The molecule has 1 aliphatic rings. The highest BCUT2D eigenvalue weighted by atomic mass is 16.5. The normalized spacial score (nSPS) is 11.5. The van der Waals surface area contributed by atoms with E-state index in [2.05, 4.69) is 159 Å². The number of nitrogens with one attached hydrogen (secondary N) is 7. The molecule has 0 atom stereocenters. The van der Waals surface area contributed by atoms with Crippen molar-refractivity contribution < 1.29 is 23.9 Å². The van der Waals surface area contributed by atoms with Gasteiger partial charge in [0.2, 0.25) is 23.8 Å². The van der Waals surface area contributed by atoms with Crippen molar-refractivity contribution in [3.63, 3.8) is 0 Å². The number of nitrogens with zero attached hydrogens (tertiary/aromatic N) is 23. The fraction of sp³-hybridized carbons (Fsp3) is 0.225. The Hall–Kier alpha value is -14.6. The Morgan fingerprint density at radius 1 is 0.383 bits per heavy atom. The maximum atomic E-state index is 12.7. The first kappa shape index (κ1) is 81.4. The summed E-state index contributed by atoms with van der Waals surface area (Å²) in [6, 6.07) is 45.9. The van der Waals surface area contributed by atoms with Crippen molar-refractivity contribution in [2.45, 2.75) is 41.2 Å². The molecule has 1 saturated heterocycles. The first-order valence-electron chi connectivity index (χ1n) is 36.5. The molecular formula is C80H84N30O5. The number of likely N-dealkylation sites (N-methyl/N-ethyl adjacent to an activating group) is 1. The molecule has 0 aliphatic carbocycles. The molecular weight excluding hydrogens is 1460 g/mol. The van der Waals surface area contributed by atoms with E-state index in [4.69, 9.17) is 4.74 Å². The standard InChI is InChI=1S/C23H21N7O.C21H24N8O2.C19H22N8O.C17H17N7O/c1-16-26-21(19-10-6-7-13-24-19)28-23(27-16)29-22(31)18-11-12-20(25-14-18)30(2)15-17-8-4-3-5-9-17;1-15-25-19(17-4-2-3-7-22-17)27-21(26-15)28-20(30)16-5-6-18(24-14-16)23-8-9-29-10-12-31-13-11-29;1-13-23-17(15-6-4-5-9-20-15)25-19(24-13)26-18(28)14-7-8-16(22-12-14)21-10-11-27(2)3;1-3-18-14-8-7-12(10-20-14)16(25)24-17-22-11(2)21-15(23-17)13-6-4-5-9-19-13/h3-14H,15H2,1-2H3,(H,26,27,28,29,31);2-7,14H,8-13H2,1H3,(H,23,24)(H,25,26,27,28,30);4-9,12H,10-11H2,1-3H3,(H,21,22)(H,23,24,25,26,28);4-10H,3H2,1-2H3,(H,18,20)(H,21,22,23,24,25). The van der Waals surface area contributed by atoms with E-state index in [1.165, 1.54) is 24.2 Å². The van der Waals surface area contributed by atoms with E-state index in [0.717, 1.165) is 77.2 Å². The Morgan fingerprint density at radius 3 is 1.05 bits per heavy atom. The van der Waals surface area contributed by atoms with Crippen LogP contribution in [0.2, 0.25) is 0 Å². The van der Waals surface area contributed by atoms with Crippen molar-refractivity contribution >= 4 is 70.7 Å². The zero-order chi connectivity index (χ0) is 80.7. The lowest BCUT2D eigenvalue weighted by molar-refractivity contribution is 0.0398. The smallest absolute Gasteiger partial charge is 0.259 e. The van der Waals surface area contributed by atoms with Crippen LogP contribution in [0.1, 0.15) is 77.2 Å². The maximum Gasteiger partial charge on any atom is 0.259 e. The second-order valence-corrected chi connectivity index (χ2v) is 25.5. The van der Waals surface area contributed by atoms with E-state index < -0.39 is 0 Å². The molecule has 35 nitrogen and oxygen atoms in total. The van der Waals surface area contributed by atoms with Crippen molar-refractivity contribution in [3.05, 3.63) is 252 Å². The minimum atomic E-state index is -0.345. The summed E-state index contributed by atoms with van der Waals surface area (Å²) in [5.74, 6) is 5.82. The molecule has 1 aliphatic heterocycles. The zero-order valence-electron chi connectivity index (χ0n) is 64.5. The highest BCUT2D eigenvalue weighted by Gasteiger charge is 2.19. The second kappa shape index (κ2) is 41.5. The number of benzene rings is 1. The number of morpholine rings is 1. The van der Waals surface area contributed by atoms with Gasteiger partial charge in [-0.25, -0.2) is 39.9 Å². The van der Waals surface area contributed by atoms with Crippen molar-refractivity contribution in [1.82, 2.24) is 109 Å². The van der Waals surface area contributed by atoms with Crippen molar-refractivity contribution in [1.29, 1.82) is 0 Å². The van der Waals surface area contributed by atoms with Crippen LogP contribution in [0.4, 0.5) is 47.1 Å². The van der Waals surface area contributed by atoms with E-state index in [9.17, 15) is 19.2 Å². The average Bonchev–Trinajstić information content (AvgIpc) is 0.816. The number of hydrogen-bond donors (Lipinski definition) is 7. The van der Waals surface area contributed by atoms with E-state index in [1.807, 2.05) is 106 Å². The van der Waals surface area contributed by atoms with Gasteiger partial charge in [-0.15, -0.1) is 0 Å². The SMILES string of the molecule is CCNc1ccc(C(=O)Nc2nc(C)nc(-c3ccccn3)n2)cn1.Cc1nc(NC(=O)c2ccc(N(C)Cc3ccccc3)nc2)nc(-c2ccccn2)n1.Cc1nc(NC(=O)c2ccc(NCCN(C)C)nc2)nc(-c2ccccn2)n1.Cc1nc(NC(=O)c2ccc(NCCN3CCOCC3)nc2)nc(-c2ccccn2)n1. The fourth-order valence-corrected chi connectivity index (χ4v) is 10.6. The van der Waals surface area contributed by atoms with E-state index in [-0.39, 0.29) is 47.4 Å². The quantitative estimate of drug-likeness (QED) is 0.0280. The highest BCUT2D eigenvalue weighted by molar-refractivity contribution is 6.05. The topological polar surface area (TPSA) is 429 Å². The first-order chi connectivity index (χ1) is 55.9. The summed E-state index contributed by atoms with van der Waals surface area (Å²) in [6.45, 7) is 17.2. The van der Waals surface area contributed by atoms with Crippen molar-refractivity contribution in [3.8, 4) is 46.1 Å². The Morgan fingerprint density at radius 2 is 0.730 bits per heavy atom. The molecule has 12 aromatic heterocycles. The third-order valence-electron chi connectivity index (χ3n) is 16.3. The Kier molecular flexibility index (Phi) is 29.3. The summed E-state index contributed by atoms with van der Waals surface area (Å²) < 4.78 is 5.35. The number of aryl methyl sites for hydroxylation is 4. The Balaban J connectivity index is 0.000000151. The number of amides is 4. The predicted molar refractivity (Wildman–Crippen MR) is 435 cm³/mol. The summed E-state index contributed by atoms with van der Waals surface area (Å²) in [7, 11) is 5.97. The molecule has 0 saturated carbocycles. The van der Waals surface area contributed by atoms with Crippen LogP contribution >= 0.6 is 0 Å². The van der Waals surface area contributed by atoms with Crippen LogP contribution in [0.15, 0.2) is 201 Å². The molecule has 0 unspecified atom stereocenters. The molecule has 0 radical (unpaired) electrons. The van der Waals surface area contributed by atoms with Crippen LogP contribution in [-0.2, 0) is 11.3 Å². The van der Waals surface area contributed by atoms with Gasteiger partial charge < -0.3 is 30.5 Å². The number of pyridine rings is 8. The Labute approximate surface area is 662 Å². The van der Waals surface area contributed by atoms with Gasteiger partial charge in [0, 0.05) is 109 Å². The van der Waals surface area contributed by atoms with Gasteiger partial charge in [0.05, 0.1) is 35.5 Å². The molecule has 35 heteroatoms. The minimum absolute atomic E-state index is 0.170. The molecule has 0 spiro atoms. The zero-order valence-corrected chi connectivity index (χ0v) is 64.5. The summed E-state index contributed by atoms with van der Waals surface area (Å²) in [4.78, 5) is 142. The van der Waals surface area contributed by atoms with Gasteiger partial charge in [-0.3, -0.25) is 65.3 Å².